The average Bonchev–Trinajstić information content (AvgIpc) is 2.26. The number of nitrogens with zero attached hydrogens (tertiary/aromatic N) is 2. The Labute approximate surface area is 113 Å². The van der Waals surface area contributed by atoms with Crippen LogP contribution in [0.3, 0.4) is 0 Å². The third-order valence-electron chi connectivity index (χ3n) is 3.75. The number of anilines is 1. The highest BCUT2D eigenvalue weighted by Gasteiger charge is 2.22. The monoisotopic (exact) mass is 263 g/mol. The van der Waals surface area contributed by atoms with Gasteiger partial charge in [-0.1, -0.05) is 12.5 Å². The molecule has 5 heteroatoms. The van der Waals surface area contributed by atoms with Crippen molar-refractivity contribution in [2.75, 3.05) is 18.9 Å². The fourth-order valence-corrected chi connectivity index (χ4v) is 2.42. The minimum Gasteiger partial charge on any atom is -0.380 e. The number of rotatable bonds is 6. The van der Waals surface area contributed by atoms with Crippen LogP contribution in [0, 0.1) is 10.1 Å². The fraction of sp³-hybridized carbons (Fsp3) is 0.571. The highest BCUT2D eigenvalue weighted by atomic mass is 16.6. The number of nitro groups is 1. The lowest BCUT2D eigenvalue weighted by Crippen LogP contribution is -2.36. The molecule has 1 aliphatic carbocycles. The number of nitrogens with one attached hydrogen (secondary N) is 1. The van der Waals surface area contributed by atoms with E-state index in [2.05, 4.69) is 17.3 Å². The van der Waals surface area contributed by atoms with E-state index in [9.17, 15) is 10.1 Å². The van der Waals surface area contributed by atoms with Crippen molar-refractivity contribution >= 4 is 11.4 Å². The van der Waals surface area contributed by atoms with Crippen molar-refractivity contribution in [3.05, 3.63) is 33.9 Å². The van der Waals surface area contributed by atoms with Gasteiger partial charge in [0.1, 0.15) is 5.69 Å². The number of hydrogen-bond acceptors (Lipinski definition) is 4. The summed E-state index contributed by atoms with van der Waals surface area (Å²) in [7, 11) is 2.12. The molecule has 1 N–H and O–H groups in total. The van der Waals surface area contributed by atoms with Crippen molar-refractivity contribution in [3.63, 3.8) is 0 Å². The maximum Gasteiger partial charge on any atom is 0.292 e. The second kappa shape index (κ2) is 6.02. The molecule has 0 aromatic heterocycles. The van der Waals surface area contributed by atoms with Gasteiger partial charge >= 0.3 is 0 Å². The van der Waals surface area contributed by atoms with E-state index >= 15 is 0 Å². The van der Waals surface area contributed by atoms with Gasteiger partial charge in [0, 0.05) is 25.2 Å². The second-order valence-electron chi connectivity index (χ2n) is 5.14. The Balaban J connectivity index is 2.12. The molecule has 1 saturated carbocycles. The van der Waals surface area contributed by atoms with Crippen LogP contribution in [0.5, 0.6) is 0 Å². The van der Waals surface area contributed by atoms with Crippen LogP contribution < -0.4 is 5.32 Å². The van der Waals surface area contributed by atoms with Gasteiger partial charge in [-0.3, -0.25) is 15.0 Å². The van der Waals surface area contributed by atoms with E-state index in [1.807, 2.05) is 19.1 Å². The van der Waals surface area contributed by atoms with Crippen LogP contribution in [0.1, 0.15) is 31.7 Å². The molecule has 5 nitrogen and oxygen atoms in total. The van der Waals surface area contributed by atoms with Crippen LogP contribution in [-0.4, -0.2) is 29.5 Å². The first kappa shape index (κ1) is 13.8. The molecule has 0 unspecified atom stereocenters. The number of nitro benzene ring substituents is 1. The quantitative estimate of drug-likeness (QED) is 0.633. The van der Waals surface area contributed by atoms with E-state index in [1.54, 1.807) is 6.07 Å². The Kier molecular flexibility index (Phi) is 4.37. The van der Waals surface area contributed by atoms with E-state index in [-0.39, 0.29) is 10.6 Å². The molecule has 0 amide bonds. The summed E-state index contributed by atoms with van der Waals surface area (Å²) in [4.78, 5) is 12.9. The Morgan fingerprint density at radius 3 is 2.74 bits per heavy atom. The van der Waals surface area contributed by atoms with Gasteiger partial charge in [0.05, 0.1) is 4.92 Å². The molecule has 1 aromatic rings. The van der Waals surface area contributed by atoms with Crippen LogP contribution in [0.25, 0.3) is 0 Å². The van der Waals surface area contributed by atoms with Gasteiger partial charge in [0.25, 0.3) is 5.69 Å². The molecule has 104 valence electrons. The molecular weight excluding hydrogens is 242 g/mol. The molecule has 1 fully saturated rings. The molecule has 2 rings (SSSR count). The molecule has 0 aliphatic heterocycles. The van der Waals surface area contributed by atoms with Crippen molar-refractivity contribution in [3.8, 4) is 0 Å². The summed E-state index contributed by atoms with van der Waals surface area (Å²) in [6, 6.07) is 6.03. The molecule has 0 radical (unpaired) electrons. The third kappa shape index (κ3) is 3.23. The van der Waals surface area contributed by atoms with Gasteiger partial charge in [0.15, 0.2) is 0 Å². The molecule has 0 heterocycles. The van der Waals surface area contributed by atoms with Crippen molar-refractivity contribution in [1.29, 1.82) is 0 Å². The van der Waals surface area contributed by atoms with Crippen LogP contribution in [0.15, 0.2) is 18.2 Å². The Bertz CT molecular complexity index is 458. The second-order valence-corrected chi connectivity index (χ2v) is 5.14. The zero-order valence-corrected chi connectivity index (χ0v) is 11.6. The Hall–Kier alpha value is -1.62. The standard InChI is InChI=1S/C14H21N3O2/c1-3-15-13-9-11(7-8-14(13)17(18)19)10-16(2)12-5-4-6-12/h7-9,12,15H,3-6,10H2,1-2H3. The molecule has 1 aliphatic rings. The van der Waals surface area contributed by atoms with Crippen molar-refractivity contribution in [2.45, 2.75) is 38.8 Å². The topological polar surface area (TPSA) is 58.4 Å². The van der Waals surface area contributed by atoms with Gasteiger partial charge in [-0.15, -0.1) is 0 Å². The zero-order chi connectivity index (χ0) is 13.8. The van der Waals surface area contributed by atoms with E-state index in [0.717, 1.165) is 12.1 Å². The minimum absolute atomic E-state index is 0.150. The Morgan fingerprint density at radius 1 is 1.47 bits per heavy atom. The van der Waals surface area contributed by atoms with Crippen LogP contribution >= 0.6 is 0 Å². The largest absolute Gasteiger partial charge is 0.380 e. The summed E-state index contributed by atoms with van der Waals surface area (Å²) in [5.74, 6) is 0. The summed E-state index contributed by atoms with van der Waals surface area (Å²) in [5.41, 5.74) is 1.89. The predicted molar refractivity (Wildman–Crippen MR) is 76.4 cm³/mol. The first-order chi connectivity index (χ1) is 9.11. The fourth-order valence-electron chi connectivity index (χ4n) is 2.42. The van der Waals surface area contributed by atoms with E-state index < -0.39 is 0 Å². The molecule has 1 aromatic carbocycles. The van der Waals surface area contributed by atoms with Crippen LogP contribution in [0.4, 0.5) is 11.4 Å². The lowest BCUT2D eigenvalue weighted by atomic mass is 9.91. The van der Waals surface area contributed by atoms with Gasteiger partial charge in [-0.25, -0.2) is 0 Å². The smallest absolute Gasteiger partial charge is 0.292 e. The van der Waals surface area contributed by atoms with Crippen LogP contribution in [0.2, 0.25) is 0 Å². The summed E-state index contributed by atoms with van der Waals surface area (Å²) in [6.45, 7) is 3.47. The molecule has 0 saturated heterocycles. The van der Waals surface area contributed by atoms with Crippen molar-refractivity contribution < 1.29 is 4.92 Å². The number of benzene rings is 1. The summed E-state index contributed by atoms with van der Waals surface area (Å²) < 4.78 is 0. The zero-order valence-electron chi connectivity index (χ0n) is 11.6. The molecule has 0 spiro atoms. The van der Waals surface area contributed by atoms with Gasteiger partial charge in [0.2, 0.25) is 0 Å². The Morgan fingerprint density at radius 2 is 2.21 bits per heavy atom. The normalized spacial score (nSPS) is 15.3. The summed E-state index contributed by atoms with van der Waals surface area (Å²) in [6.07, 6.45) is 3.85. The lowest BCUT2D eigenvalue weighted by molar-refractivity contribution is -0.384. The maximum absolute atomic E-state index is 10.9. The van der Waals surface area contributed by atoms with Crippen molar-refractivity contribution in [2.24, 2.45) is 0 Å². The maximum atomic E-state index is 10.9. The van der Waals surface area contributed by atoms with Gasteiger partial charge in [-0.05, 0) is 38.4 Å². The van der Waals surface area contributed by atoms with E-state index in [1.165, 1.54) is 19.3 Å². The third-order valence-corrected chi connectivity index (χ3v) is 3.75. The van der Waals surface area contributed by atoms with E-state index in [0.29, 0.717) is 18.3 Å². The van der Waals surface area contributed by atoms with Crippen molar-refractivity contribution in [1.82, 2.24) is 4.90 Å². The molecule has 19 heavy (non-hydrogen) atoms. The lowest BCUT2D eigenvalue weighted by Gasteiger charge is -2.34. The van der Waals surface area contributed by atoms with Crippen LogP contribution in [-0.2, 0) is 6.54 Å². The SMILES string of the molecule is CCNc1cc(CN(C)C2CCC2)ccc1[N+](=O)[O-]. The number of hydrogen-bond donors (Lipinski definition) is 1. The highest BCUT2D eigenvalue weighted by molar-refractivity contribution is 5.62. The average molecular weight is 263 g/mol. The van der Waals surface area contributed by atoms with Gasteiger partial charge < -0.3 is 5.32 Å². The summed E-state index contributed by atoms with van der Waals surface area (Å²) >= 11 is 0. The predicted octanol–water partition coefficient (Wildman–Crippen LogP) is 3.01. The molecular formula is C14H21N3O2. The minimum atomic E-state index is -0.336. The first-order valence-corrected chi connectivity index (χ1v) is 6.83. The van der Waals surface area contributed by atoms with Gasteiger partial charge in [-0.2, -0.15) is 0 Å². The van der Waals surface area contributed by atoms with E-state index in [4.69, 9.17) is 0 Å². The highest BCUT2D eigenvalue weighted by Crippen LogP contribution is 2.28. The summed E-state index contributed by atoms with van der Waals surface area (Å²) in [5, 5.41) is 14.0. The molecule has 0 atom stereocenters. The first-order valence-electron chi connectivity index (χ1n) is 6.83. The molecule has 0 bridgehead atoms.